The molecular weight excluding hydrogens is 398 g/mol. The van der Waals surface area contributed by atoms with Gasteiger partial charge in [0, 0.05) is 28.0 Å². The lowest BCUT2D eigenvalue weighted by atomic mass is 10.1. The van der Waals surface area contributed by atoms with Gasteiger partial charge in [0.05, 0.1) is 6.21 Å². The number of nitrogens with zero attached hydrogens (tertiary/aromatic N) is 2. The van der Waals surface area contributed by atoms with E-state index in [2.05, 4.69) is 59.3 Å². The van der Waals surface area contributed by atoms with Crippen LogP contribution in [0.2, 0.25) is 0 Å². The minimum atomic E-state index is -0.381. The van der Waals surface area contributed by atoms with Gasteiger partial charge in [-0.05, 0) is 61.9 Å². The Morgan fingerprint density at radius 2 is 1.72 bits per heavy atom. The van der Waals surface area contributed by atoms with E-state index in [1.807, 2.05) is 43.3 Å². The molecule has 0 fully saturated rings. The van der Waals surface area contributed by atoms with Crippen molar-refractivity contribution < 1.29 is 9.21 Å². The first-order chi connectivity index (χ1) is 15.5. The summed E-state index contributed by atoms with van der Waals surface area (Å²) >= 11 is 0. The lowest BCUT2D eigenvalue weighted by Gasteiger charge is -2.09. The number of carbonyl (C=O) groups is 1. The third-order valence-electron chi connectivity index (χ3n) is 5.78. The van der Waals surface area contributed by atoms with Crippen LogP contribution in [0.4, 0.5) is 0 Å². The molecular formula is C27H23N3O2. The molecule has 1 amide bonds. The number of carbonyl (C=O) groups excluding carboxylic acids is 1. The van der Waals surface area contributed by atoms with Crippen LogP contribution >= 0.6 is 0 Å². The average molecular weight is 422 g/mol. The lowest BCUT2D eigenvalue weighted by molar-refractivity contribution is 0.0929. The molecule has 2 aromatic heterocycles. The van der Waals surface area contributed by atoms with E-state index in [4.69, 9.17) is 4.42 Å². The van der Waals surface area contributed by atoms with Gasteiger partial charge in [-0.25, -0.2) is 5.43 Å². The van der Waals surface area contributed by atoms with Crippen molar-refractivity contribution in [2.75, 3.05) is 0 Å². The molecule has 0 radical (unpaired) electrons. The predicted molar refractivity (Wildman–Crippen MR) is 129 cm³/mol. The highest BCUT2D eigenvalue weighted by atomic mass is 16.3. The van der Waals surface area contributed by atoms with Crippen molar-refractivity contribution in [2.24, 2.45) is 5.10 Å². The lowest BCUT2D eigenvalue weighted by Crippen LogP contribution is -2.16. The third-order valence-corrected chi connectivity index (χ3v) is 5.78. The number of amides is 1. The molecule has 5 aromatic rings. The molecule has 5 heteroatoms. The molecule has 0 unspecified atom stereocenters. The number of rotatable bonds is 4. The Morgan fingerprint density at radius 3 is 2.53 bits per heavy atom. The number of aryl methyl sites for hydroxylation is 2. The fourth-order valence-electron chi connectivity index (χ4n) is 4.13. The van der Waals surface area contributed by atoms with Crippen LogP contribution in [0.3, 0.4) is 0 Å². The second-order valence-corrected chi connectivity index (χ2v) is 8.01. The largest absolute Gasteiger partial charge is 0.451 e. The van der Waals surface area contributed by atoms with Crippen molar-refractivity contribution in [3.8, 4) is 5.69 Å². The Morgan fingerprint density at radius 1 is 0.938 bits per heavy atom. The van der Waals surface area contributed by atoms with Gasteiger partial charge in [0.2, 0.25) is 0 Å². The van der Waals surface area contributed by atoms with Crippen molar-refractivity contribution >= 4 is 33.9 Å². The Bertz CT molecular complexity index is 1490. The van der Waals surface area contributed by atoms with E-state index in [9.17, 15) is 4.79 Å². The maximum absolute atomic E-state index is 12.6. The van der Waals surface area contributed by atoms with Crippen LogP contribution in [-0.4, -0.2) is 16.7 Å². The number of furan rings is 1. The van der Waals surface area contributed by atoms with Crippen LogP contribution in [0.15, 0.2) is 82.3 Å². The number of aromatic nitrogens is 1. The van der Waals surface area contributed by atoms with E-state index in [1.165, 1.54) is 5.56 Å². The molecule has 0 saturated heterocycles. The van der Waals surface area contributed by atoms with Crippen molar-refractivity contribution in [1.82, 2.24) is 9.99 Å². The molecule has 0 aliphatic heterocycles. The van der Waals surface area contributed by atoms with Crippen molar-refractivity contribution in [3.63, 3.8) is 0 Å². The van der Waals surface area contributed by atoms with Crippen LogP contribution in [-0.2, 0) is 0 Å². The molecule has 1 N–H and O–H groups in total. The van der Waals surface area contributed by atoms with Gasteiger partial charge >= 0.3 is 5.91 Å². The van der Waals surface area contributed by atoms with E-state index < -0.39 is 0 Å². The first kappa shape index (κ1) is 19.8. The summed E-state index contributed by atoms with van der Waals surface area (Å²) in [5.74, 6) is -0.146. The first-order valence-electron chi connectivity index (χ1n) is 10.5. The summed E-state index contributed by atoms with van der Waals surface area (Å²) in [4.78, 5) is 12.6. The second-order valence-electron chi connectivity index (χ2n) is 8.01. The summed E-state index contributed by atoms with van der Waals surface area (Å²) in [6.45, 7) is 6.17. The van der Waals surface area contributed by atoms with Gasteiger partial charge in [-0.15, -0.1) is 0 Å². The van der Waals surface area contributed by atoms with Crippen molar-refractivity contribution in [2.45, 2.75) is 20.8 Å². The monoisotopic (exact) mass is 421 g/mol. The van der Waals surface area contributed by atoms with E-state index in [1.54, 1.807) is 12.3 Å². The maximum Gasteiger partial charge on any atom is 0.307 e. The molecule has 3 aromatic carbocycles. The third kappa shape index (κ3) is 3.48. The zero-order valence-electron chi connectivity index (χ0n) is 18.2. The fraction of sp³-hybridized carbons (Fsp3) is 0.111. The molecule has 0 aliphatic rings. The molecule has 0 saturated carbocycles. The molecule has 0 bridgehead atoms. The summed E-state index contributed by atoms with van der Waals surface area (Å²) in [7, 11) is 0. The zero-order valence-corrected chi connectivity index (χ0v) is 18.2. The smallest absolute Gasteiger partial charge is 0.307 e. The van der Waals surface area contributed by atoms with Crippen molar-refractivity contribution in [3.05, 3.63) is 101 Å². The van der Waals surface area contributed by atoms with Crippen LogP contribution in [0.25, 0.3) is 27.4 Å². The topological polar surface area (TPSA) is 59.5 Å². The van der Waals surface area contributed by atoms with E-state index in [0.717, 1.165) is 38.8 Å². The van der Waals surface area contributed by atoms with Gasteiger partial charge in [-0.1, -0.05) is 48.0 Å². The minimum Gasteiger partial charge on any atom is -0.451 e. The molecule has 2 heterocycles. The van der Waals surface area contributed by atoms with E-state index in [0.29, 0.717) is 5.58 Å². The van der Waals surface area contributed by atoms with Gasteiger partial charge in [-0.2, -0.15) is 5.10 Å². The van der Waals surface area contributed by atoms with Gasteiger partial charge in [0.15, 0.2) is 5.76 Å². The zero-order chi connectivity index (χ0) is 22.2. The van der Waals surface area contributed by atoms with Gasteiger partial charge in [-0.3, -0.25) is 4.79 Å². The van der Waals surface area contributed by atoms with Crippen LogP contribution < -0.4 is 5.43 Å². The minimum absolute atomic E-state index is 0.235. The van der Waals surface area contributed by atoms with E-state index in [-0.39, 0.29) is 11.7 Å². The first-order valence-corrected chi connectivity index (χ1v) is 10.5. The van der Waals surface area contributed by atoms with Gasteiger partial charge in [0.25, 0.3) is 0 Å². The number of benzene rings is 3. The highest BCUT2D eigenvalue weighted by Gasteiger charge is 2.14. The van der Waals surface area contributed by atoms with Crippen LogP contribution in [0.1, 0.15) is 33.1 Å². The quantitative estimate of drug-likeness (QED) is 0.283. The second kappa shape index (κ2) is 7.85. The summed E-state index contributed by atoms with van der Waals surface area (Å²) in [6.07, 6.45) is 1.67. The molecule has 0 aliphatic carbocycles. The predicted octanol–water partition coefficient (Wildman–Crippen LogP) is 6.07. The molecule has 0 spiro atoms. The van der Waals surface area contributed by atoms with E-state index >= 15 is 0 Å². The number of hydrogen-bond acceptors (Lipinski definition) is 3. The number of fused-ring (bicyclic) bond motifs is 3. The van der Waals surface area contributed by atoms with Crippen LogP contribution in [0.5, 0.6) is 0 Å². The summed E-state index contributed by atoms with van der Waals surface area (Å²) in [6, 6.07) is 24.1. The summed E-state index contributed by atoms with van der Waals surface area (Å²) < 4.78 is 7.94. The fourth-order valence-corrected chi connectivity index (χ4v) is 4.13. The number of hydrazone groups is 1. The Kier molecular flexibility index (Phi) is 4.86. The number of hydrogen-bond donors (Lipinski definition) is 1. The molecule has 32 heavy (non-hydrogen) atoms. The Hall–Kier alpha value is -4.12. The van der Waals surface area contributed by atoms with Gasteiger partial charge < -0.3 is 8.98 Å². The standard InChI is InChI=1S/C27H23N3O2/c1-17-8-11-22(12-9-17)30-18(2)14-21(19(30)3)16-28-29-27(31)26-15-24-23-7-5-4-6-20(23)10-13-25(24)32-26/h4-16H,1-3H3,(H,29,31). The maximum atomic E-state index is 12.6. The normalized spacial score (nSPS) is 11.6. The van der Waals surface area contributed by atoms with Crippen molar-refractivity contribution in [1.29, 1.82) is 0 Å². The average Bonchev–Trinajstić information content (AvgIpc) is 3.36. The molecule has 5 nitrogen and oxygen atoms in total. The van der Waals surface area contributed by atoms with Crippen LogP contribution in [0, 0.1) is 20.8 Å². The SMILES string of the molecule is Cc1ccc(-n2c(C)cc(C=NNC(=O)c3cc4c(ccc5ccccc54)o3)c2C)cc1. The summed E-state index contributed by atoms with van der Waals surface area (Å²) in [5, 5.41) is 7.25. The molecule has 0 atom stereocenters. The highest BCUT2D eigenvalue weighted by molar-refractivity contribution is 6.08. The summed E-state index contributed by atoms with van der Waals surface area (Å²) in [5.41, 5.74) is 8.69. The van der Waals surface area contributed by atoms with Gasteiger partial charge in [0.1, 0.15) is 5.58 Å². The molecule has 158 valence electrons. The Balaban J connectivity index is 1.37. The Labute approximate surface area is 186 Å². The highest BCUT2D eigenvalue weighted by Crippen LogP contribution is 2.28. The molecule has 5 rings (SSSR count). The number of nitrogens with one attached hydrogen (secondary N) is 1.